The zero-order valence-electron chi connectivity index (χ0n) is 16.3. The Kier molecular flexibility index (Phi) is 6.79. The number of carboxylic acids is 1. The van der Waals surface area contributed by atoms with E-state index in [1.165, 1.54) is 18.2 Å². The van der Waals surface area contributed by atoms with Gasteiger partial charge in [-0.3, -0.25) is 10.1 Å². The molecule has 3 rings (SSSR count). The van der Waals surface area contributed by atoms with Crippen LogP contribution in [0.25, 0.3) is 11.3 Å². The van der Waals surface area contributed by atoms with E-state index in [1.54, 1.807) is 42.9 Å². The van der Waals surface area contributed by atoms with E-state index in [0.29, 0.717) is 22.1 Å². The Balaban J connectivity index is 1.74. The highest BCUT2D eigenvalue weighted by atomic mass is 35.5. The Bertz CT molecular complexity index is 1190. The summed E-state index contributed by atoms with van der Waals surface area (Å²) in [5.74, 6) is -1.14. The average molecular weight is 478 g/mol. The molecule has 0 aliphatic rings. The molecule has 4 N–H and O–H groups in total. The molecular formula is C20H17Cl2N5O3S. The van der Waals surface area contributed by atoms with Crippen LogP contribution in [0.2, 0.25) is 10.0 Å². The summed E-state index contributed by atoms with van der Waals surface area (Å²) in [6.07, 6.45) is 0. The largest absolute Gasteiger partial charge is 0.504 e. The van der Waals surface area contributed by atoms with Gasteiger partial charge in [-0.25, -0.2) is 4.79 Å². The number of aryl methyl sites for hydroxylation is 1. The van der Waals surface area contributed by atoms with Crippen molar-refractivity contribution in [3.63, 3.8) is 0 Å². The van der Waals surface area contributed by atoms with E-state index >= 15 is 0 Å². The molecule has 1 aromatic heterocycles. The van der Waals surface area contributed by atoms with Crippen LogP contribution in [0, 0.1) is 0 Å². The van der Waals surface area contributed by atoms with Gasteiger partial charge in [0.05, 0.1) is 16.3 Å². The van der Waals surface area contributed by atoms with E-state index in [-0.39, 0.29) is 27.1 Å². The smallest absolute Gasteiger partial charge is 0.337 e. The van der Waals surface area contributed by atoms with Crippen molar-refractivity contribution in [1.82, 2.24) is 15.2 Å². The Morgan fingerprint density at radius 2 is 1.87 bits per heavy atom. The van der Waals surface area contributed by atoms with Crippen LogP contribution < -0.4 is 10.7 Å². The highest BCUT2D eigenvalue weighted by Gasteiger charge is 2.19. The summed E-state index contributed by atoms with van der Waals surface area (Å²) < 4.78 is 1.55. The van der Waals surface area contributed by atoms with Crippen molar-refractivity contribution < 1.29 is 15.0 Å². The summed E-state index contributed by atoms with van der Waals surface area (Å²) >= 11 is 17.1. The first-order chi connectivity index (χ1) is 14.7. The van der Waals surface area contributed by atoms with Gasteiger partial charge in [-0.05, 0) is 49.5 Å². The number of aromatic carboxylic acids is 1. The number of carboxylic acid groups (broad SMARTS) is 1. The lowest BCUT2D eigenvalue weighted by Crippen LogP contribution is -2.25. The summed E-state index contributed by atoms with van der Waals surface area (Å²) in [7, 11) is 1.71. The van der Waals surface area contributed by atoms with Crippen molar-refractivity contribution >= 4 is 57.9 Å². The summed E-state index contributed by atoms with van der Waals surface area (Å²) in [5.41, 5.74) is 5.10. The number of aromatic hydroxyl groups is 1. The van der Waals surface area contributed by atoms with E-state index < -0.39 is 5.97 Å². The Morgan fingerprint density at radius 3 is 2.48 bits per heavy atom. The number of halogens is 2. The molecular weight excluding hydrogens is 461 g/mol. The van der Waals surface area contributed by atoms with Gasteiger partial charge in [0.25, 0.3) is 0 Å². The molecule has 0 radical (unpaired) electrons. The fourth-order valence-electron chi connectivity index (χ4n) is 2.80. The van der Waals surface area contributed by atoms with Gasteiger partial charge in [-0.15, -0.1) is 0 Å². The highest BCUT2D eigenvalue weighted by Crippen LogP contribution is 2.32. The van der Waals surface area contributed by atoms with Crippen molar-refractivity contribution in [3.8, 4) is 17.0 Å². The maximum Gasteiger partial charge on any atom is 0.337 e. The predicted octanol–water partition coefficient (Wildman–Crippen LogP) is 4.51. The number of rotatable bonds is 5. The van der Waals surface area contributed by atoms with Gasteiger partial charge in [-0.1, -0.05) is 35.3 Å². The third-order valence-corrected chi connectivity index (χ3v) is 5.02. The van der Waals surface area contributed by atoms with E-state index in [0.717, 1.165) is 5.56 Å². The molecule has 0 fully saturated rings. The summed E-state index contributed by atoms with van der Waals surface area (Å²) in [5, 5.41) is 31.9. The third kappa shape index (κ3) is 5.13. The molecule has 0 spiro atoms. The molecule has 31 heavy (non-hydrogen) atoms. The fraction of sp³-hybridized carbons (Fsp3) is 0.100. The van der Waals surface area contributed by atoms with Crippen LogP contribution in [0.15, 0.2) is 47.6 Å². The minimum atomic E-state index is -1.12. The minimum absolute atomic E-state index is 0.0120. The van der Waals surface area contributed by atoms with Crippen molar-refractivity contribution in [2.45, 2.75) is 6.92 Å². The van der Waals surface area contributed by atoms with Crippen molar-refractivity contribution in [2.75, 3.05) is 5.32 Å². The van der Waals surface area contributed by atoms with Crippen LogP contribution in [0.4, 0.5) is 5.69 Å². The van der Waals surface area contributed by atoms with Crippen LogP contribution in [0.1, 0.15) is 23.0 Å². The van der Waals surface area contributed by atoms with Crippen molar-refractivity contribution in [3.05, 3.63) is 63.8 Å². The van der Waals surface area contributed by atoms with E-state index in [2.05, 4.69) is 20.9 Å². The Morgan fingerprint density at radius 1 is 1.19 bits per heavy atom. The second kappa shape index (κ2) is 9.34. The molecule has 0 aliphatic heterocycles. The van der Waals surface area contributed by atoms with Gasteiger partial charge < -0.3 is 15.5 Å². The molecule has 0 saturated carbocycles. The maximum atomic E-state index is 11.0. The number of anilines is 1. The quantitative estimate of drug-likeness (QED) is 0.243. The zero-order chi connectivity index (χ0) is 22.7. The fourth-order valence-corrected chi connectivity index (χ4v) is 3.35. The van der Waals surface area contributed by atoms with Gasteiger partial charge in [-0.2, -0.15) is 10.2 Å². The lowest BCUT2D eigenvalue weighted by atomic mass is 10.1. The second-order valence-corrected chi connectivity index (χ2v) is 7.69. The average Bonchev–Trinajstić information content (AvgIpc) is 3.01. The standard InChI is InChI=1S/C20H17Cl2N5O3S/c1-10(16-18(28)17(27(2)26-16)11-3-5-12(21)6-4-11)24-25-20(31)23-13-7-8-14(19(29)30)15(22)9-13/h3-9,28H,1-2H3,(H,29,30)(H2,23,25,31)/b24-10+. The summed E-state index contributed by atoms with van der Waals surface area (Å²) in [4.78, 5) is 11.0. The number of nitrogens with one attached hydrogen (secondary N) is 2. The molecule has 0 atom stereocenters. The highest BCUT2D eigenvalue weighted by molar-refractivity contribution is 7.80. The van der Waals surface area contributed by atoms with Crippen LogP contribution in [-0.2, 0) is 7.05 Å². The molecule has 8 nitrogen and oxygen atoms in total. The number of benzene rings is 2. The molecule has 1 heterocycles. The SMILES string of the molecule is C/C(=N\NC(=S)Nc1ccc(C(=O)O)c(Cl)c1)c1nn(C)c(-c2ccc(Cl)cc2)c1O. The first kappa shape index (κ1) is 22.5. The molecule has 3 aromatic rings. The van der Waals surface area contributed by atoms with E-state index in [9.17, 15) is 9.90 Å². The van der Waals surface area contributed by atoms with E-state index in [4.69, 9.17) is 40.5 Å². The summed E-state index contributed by atoms with van der Waals surface area (Å²) in [6, 6.07) is 11.4. The zero-order valence-corrected chi connectivity index (χ0v) is 18.7. The van der Waals surface area contributed by atoms with Crippen LogP contribution in [-0.4, -0.2) is 36.8 Å². The van der Waals surface area contributed by atoms with Crippen molar-refractivity contribution in [2.24, 2.45) is 12.1 Å². The van der Waals surface area contributed by atoms with Gasteiger partial charge in [0, 0.05) is 23.3 Å². The number of hydrazone groups is 1. The Hall–Kier alpha value is -3.14. The monoisotopic (exact) mass is 477 g/mol. The molecule has 11 heteroatoms. The van der Waals surface area contributed by atoms with Gasteiger partial charge in [0.2, 0.25) is 0 Å². The lowest BCUT2D eigenvalue weighted by Gasteiger charge is -2.09. The van der Waals surface area contributed by atoms with Gasteiger partial charge in [0.1, 0.15) is 5.69 Å². The number of hydrogen-bond acceptors (Lipinski definition) is 5. The van der Waals surface area contributed by atoms with E-state index in [1.807, 2.05) is 0 Å². The molecule has 0 unspecified atom stereocenters. The van der Waals surface area contributed by atoms with Crippen LogP contribution in [0.3, 0.4) is 0 Å². The number of thiocarbonyl (C=S) groups is 1. The van der Waals surface area contributed by atoms with Crippen LogP contribution in [0.5, 0.6) is 5.75 Å². The van der Waals surface area contributed by atoms with Gasteiger partial charge in [0.15, 0.2) is 16.6 Å². The molecule has 0 saturated heterocycles. The molecule has 0 bridgehead atoms. The van der Waals surface area contributed by atoms with Crippen LogP contribution >= 0.6 is 35.4 Å². The normalized spacial score (nSPS) is 11.3. The minimum Gasteiger partial charge on any atom is -0.504 e. The van der Waals surface area contributed by atoms with Crippen molar-refractivity contribution in [1.29, 1.82) is 0 Å². The number of nitrogens with zero attached hydrogens (tertiary/aromatic N) is 3. The lowest BCUT2D eigenvalue weighted by molar-refractivity contribution is 0.0697. The third-order valence-electron chi connectivity index (χ3n) is 4.27. The summed E-state index contributed by atoms with van der Waals surface area (Å²) in [6.45, 7) is 1.67. The first-order valence-corrected chi connectivity index (χ1v) is 10.00. The first-order valence-electron chi connectivity index (χ1n) is 8.83. The number of hydrogen-bond donors (Lipinski definition) is 4. The Labute approximate surface area is 193 Å². The number of aromatic nitrogens is 2. The number of carbonyl (C=O) groups is 1. The maximum absolute atomic E-state index is 11.0. The molecule has 160 valence electrons. The second-order valence-electron chi connectivity index (χ2n) is 6.44. The molecule has 0 amide bonds. The molecule has 2 aromatic carbocycles. The van der Waals surface area contributed by atoms with Gasteiger partial charge >= 0.3 is 5.97 Å². The predicted molar refractivity (Wildman–Crippen MR) is 125 cm³/mol. The molecule has 0 aliphatic carbocycles. The topological polar surface area (TPSA) is 112 Å².